The van der Waals surface area contributed by atoms with E-state index in [4.69, 9.17) is 4.18 Å². The van der Waals surface area contributed by atoms with Crippen molar-refractivity contribution < 1.29 is 17.4 Å². The van der Waals surface area contributed by atoms with Gasteiger partial charge < -0.3 is 14.4 Å². The lowest BCUT2D eigenvalue weighted by Gasteiger charge is -2.24. The van der Waals surface area contributed by atoms with Crippen LogP contribution >= 0.6 is 0 Å². The van der Waals surface area contributed by atoms with Gasteiger partial charge in [-0.3, -0.25) is 0 Å². The second kappa shape index (κ2) is 9.66. The van der Waals surface area contributed by atoms with Gasteiger partial charge in [-0.2, -0.15) is 8.42 Å². The highest BCUT2D eigenvalue weighted by Gasteiger charge is 2.16. The summed E-state index contributed by atoms with van der Waals surface area (Å²) in [6, 6.07) is 22.1. The average molecular weight is 439 g/mol. The quantitative estimate of drug-likeness (QED) is 0.534. The number of hydrogen-bond donors (Lipinski definition) is 1. The van der Waals surface area contributed by atoms with Crippen LogP contribution in [0.3, 0.4) is 0 Å². The third-order valence-corrected chi connectivity index (χ3v) is 5.17. The van der Waals surface area contributed by atoms with E-state index >= 15 is 0 Å². The van der Waals surface area contributed by atoms with Gasteiger partial charge in [0.15, 0.2) is 0 Å². The predicted octanol–water partition coefficient (Wildman–Crippen LogP) is 4.88. The van der Waals surface area contributed by atoms with Crippen molar-refractivity contribution in [3.8, 4) is 5.75 Å². The van der Waals surface area contributed by atoms with Gasteiger partial charge in [0.05, 0.1) is 6.26 Å². The van der Waals surface area contributed by atoms with Crippen molar-refractivity contribution >= 4 is 21.8 Å². The first-order valence-corrected chi connectivity index (χ1v) is 11.7. The summed E-state index contributed by atoms with van der Waals surface area (Å²) in [6.07, 6.45) is 1.000. The van der Waals surface area contributed by atoms with Crippen molar-refractivity contribution in [1.29, 1.82) is 0 Å². The minimum Gasteiger partial charge on any atom is -0.383 e. The molecule has 0 fully saturated rings. The standard InChI is InChI=1S/C24H26N2O4S/c1-18-9-14-23(19(2)15-18)25-24(27)26(16-20-7-5-4-6-8-20)17-21-10-12-22(13-11-21)30-31(3,28)29/h4-15H,16-17H2,1-3H3,(H,25,27). The number of aryl methyl sites for hydroxylation is 2. The molecule has 0 saturated heterocycles. The van der Waals surface area contributed by atoms with Crippen LogP contribution in [0.1, 0.15) is 22.3 Å². The van der Waals surface area contributed by atoms with E-state index < -0.39 is 10.1 Å². The molecule has 162 valence electrons. The molecule has 3 aromatic carbocycles. The van der Waals surface area contributed by atoms with Crippen LogP contribution in [-0.2, 0) is 23.2 Å². The van der Waals surface area contributed by atoms with E-state index in [9.17, 15) is 13.2 Å². The Morgan fingerprint density at radius 1 is 0.903 bits per heavy atom. The summed E-state index contributed by atoms with van der Waals surface area (Å²) in [5, 5.41) is 3.00. The maximum Gasteiger partial charge on any atom is 0.322 e. The molecule has 31 heavy (non-hydrogen) atoms. The minimum absolute atomic E-state index is 0.215. The Bertz CT molecular complexity index is 1140. The Morgan fingerprint density at radius 3 is 2.10 bits per heavy atom. The number of carbonyl (C=O) groups excluding carboxylic acids is 1. The molecule has 0 aliphatic rings. The molecule has 0 atom stereocenters. The third-order valence-electron chi connectivity index (χ3n) is 4.67. The van der Waals surface area contributed by atoms with Gasteiger partial charge >= 0.3 is 16.1 Å². The number of anilines is 1. The predicted molar refractivity (Wildman–Crippen MR) is 123 cm³/mol. The molecule has 0 unspecified atom stereocenters. The van der Waals surface area contributed by atoms with Crippen LogP contribution in [0.4, 0.5) is 10.5 Å². The molecular weight excluding hydrogens is 412 g/mol. The molecule has 1 N–H and O–H groups in total. The van der Waals surface area contributed by atoms with Crippen LogP contribution in [0.15, 0.2) is 72.8 Å². The smallest absolute Gasteiger partial charge is 0.322 e. The van der Waals surface area contributed by atoms with E-state index in [1.807, 2.05) is 62.4 Å². The number of urea groups is 1. The van der Waals surface area contributed by atoms with E-state index in [1.165, 1.54) is 0 Å². The fourth-order valence-electron chi connectivity index (χ4n) is 3.20. The van der Waals surface area contributed by atoms with Crippen LogP contribution in [-0.4, -0.2) is 25.6 Å². The van der Waals surface area contributed by atoms with Crippen molar-refractivity contribution in [2.24, 2.45) is 0 Å². The first-order chi connectivity index (χ1) is 14.7. The molecule has 0 aliphatic carbocycles. The lowest BCUT2D eigenvalue weighted by Crippen LogP contribution is -2.34. The third kappa shape index (κ3) is 6.86. The Labute approximate surface area is 183 Å². The molecule has 0 radical (unpaired) electrons. The van der Waals surface area contributed by atoms with Crippen LogP contribution in [0.2, 0.25) is 0 Å². The highest BCUT2D eigenvalue weighted by molar-refractivity contribution is 7.86. The number of nitrogens with one attached hydrogen (secondary N) is 1. The maximum atomic E-state index is 13.1. The van der Waals surface area contributed by atoms with Crippen LogP contribution in [0.5, 0.6) is 5.75 Å². The number of carbonyl (C=O) groups is 1. The van der Waals surface area contributed by atoms with Gasteiger partial charge in [-0.1, -0.05) is 60.2 Å². The zero-order chi connectivity index (χ0) is 22.4. The van der Waals surface area contributed by atoms with E-state index in [0.717, 1.165) is 34.2 Å². The number of nitrogens with zero attached hydrogens (tertiary/aromatic N) is 1. The Morgan fingerprint density at radius 2 is 1.52 bits per heavy atom. The molecule has 3 aromatic rings. The summed E-state index contributed by atoms with van der Waals surface area (Å²) in [4.78, 5) is 14.8. The lowest BCUT2D eigenvalue weighted by molar-refractivity contribution is 0.206. The van der Waals surface area contributed by atoms with Gasteiger partial charge in [-0.15, -0.1) is 0 Å². The number of benzene rings is 3. The second-order valence-electron chi connectivity index (χ2n) is 7.52. The molecule has 3 rings (SSSR count). The van der Waals surface area contributed by atoms with Gasteiger partial charge in [0.25, 0.3) is 0 Å². The Kier molecular flexibility index (Phi) is 6.97. The number of rotatable bonds is 7. The zero-order valence-corrected chi connectivity index (χ0v) is 18.6. The molecule has 2 amide bonds. The first-order valence-electron chi connectivity index (χ1n) is 9.85. The molecule has 7 heteroatoms. The highest BCUT2D eigenvalue weighted by Crippen LogP contribution is 2.20. The van der Waals surface area contributed by atoms with E-state index in [-0.39, 0.29) is 11.8 Å². The largest absolute Gasteiger partial charge is 0.383 e. The van der Waals surface area contributed by atoms with Gasteiger partial charge in [0.2, 0.25) is 0 Å². The maximum absolute atomic E-state index is 13.1. The molecule has 0 aromatic heterocycles. The summed E-state index contributed by atoms with van der Waals surface area (Å²) < 4.78 is 27.5. The van der Waals surface area contributed by atoms with Crippen LogP contribution in [0.25, 0.3) is 0 Å². The average Bonchev–Trinajstić information content (AvgIpc) is 2.70. The molecule has 6 nitrogen and oxygen atoms in total. The summed E-state index contributed by atoms with van der Waals surface area (Å²) in [7, 11) is -3.58. The lowest BCUT2D eigenvalue weighted by atomic mass is 10.1. The Hall–Kier alpha value is -3.32. The summed E-state index contributed by atoms with van der Waals surface area (Å²) in [6.45, 7) is 4.76. The second-order valence-corrected chi connectivity index (χ2v) is 9.10. The Balaban J connectivity index is 1.79. The summed E-state index contributed by atoms with van der Waals surface area (Å²) in [5.41, 5.74) is 4.76. The number of amides is 2. The van der Waals surface area contributed by atoms with Gasteiger partial charge in [0, 0.05) is 18.8 Å². The normalized spacial score (nSPS) is 11.1. The molecule has 0 heterocycles. The number of hydrogen-bond acceptors (Lipinski definition) is 4. The van der Waals surface area contributed by atoms with Gasteiger partial charge in [0.1, 0.15) is 5.75 Å². The van der Waals surface area contributed by atoms with Crippen molar-refractivity contribution in [2.45, 2.75) is 26.9 Å². The summed E-state index contributed by atoms with van der Waals surface area (Å²) in [5.74, 6) is 0.237. The fourth-order valence-corrected chi connectivity index (χ4v) is 3.66. The van der Waals surface area contributed by atoms with E-state index in [0.29, 0.717) is 13.1 Å². The van der Waals surface area contributed by atoms with Gasteiger partial charge in [-0.25, -0.2) is 4.79 Å². The molecule has 0 saturated carbocycles. The first kappa shape index (κ1) is 22.4. The monoisotopic (exact) mass is 438 g/mol. The van der Waals surface area contributed by atoms with Crippen molar-refractivity contribution in [2.75, 3.05) is 11.6 Å². The zero-order valence-electron chi connectivity index (χ0n) is 17.8. The van der Waals surface area contributed by atoms with Crippen molar-refractivity contribution in [1.82, 2.24) is 4.90 Å². The van der Waals surface area contributed by atoms with E-state index in [2.05, 4.69) is 5.32 Å². The molecule has 0 bridgehead atoms. The summed E-state index contributed by atoms with van der Waals surface area (Å²) >= 11 is 0. The van der Waals surface area contributed by atoms with E-state index in [1.54, 1.807) is 29.2 Å². The molecular formula is C24H26N2O4S. The molecule has 0 aliphatic heterocycles. The molecule has 0 spiro atoms. The van der Waals surface area contributed by atoms with Gasteiger partial charge in [-0.05, 0) is 48.7 Å². The minimum atomic E-state index is -3.58. The SMILES string of the molecule is Cc1ccc(NC(=O)N(Cc2ccccc2)Cc2ccc(OS(C)(=O)=O)cc2)c(C)c1. The fraction of sp³-hybridized carbons (Fsp3) is 0.208. The van der Waals surface area contributed by atoms with Crippen molar-refractivity contribution in [3.63, 3.8) is 0 Å². The highest BCUT2D eigenvalue weighted by atomic mass is 32.2. The topological polar surface area (TPSA) is 75.7 Å². The van der Waals surface area contributed by atoms with Crippen molar-refractivity contribution in [3.05, 3.63) is 95.1 Å². The van der Waals surface area contributed by atoms with Crippen LogP contribution < -0.4 is 9.50 Å². The van der Waals surface area contributed by atoms with Crippen LogP contribution in [0, 0.1) is 13.8 Å².